The zero-order valence-corrected chi connectivity index (χ0v) is 14.4. The second kappa shape index (κ2) is 7.81. The van der Waals surface area contributed by atoms with Crippen LogP contribution < -0.4 is 4.74 Å². The highest BCUT2D eigenvalue weighted by molar-refractivity contribution is 7.90. The van der Waals surface area contributed by atoms with Crippen LogP contribution in [-0.2, 0) is 26.9 Å². The Morgan fingerprint density at radius 1 is 1.04 bits per heavy atom. The van der Waals surface area contributed by atoms with E-state index < -0.39 is 9.84 Å². The third kappa shape index (κ3) is 5.08. The predicted molar refractivity (Wildman–Crippen MR) is 93.7 cm³/mol. The summed E-state index contributed by atoms with van der Waals surface area (Å²) in [5.41, 5.74) is 1.83. The molecule has 0 amide bonds. The van der Waals surface area contributed by atoms with Crippen LogP contribution in [0.4, 0.5) is 0 Å². The van der Waals surface area contributed by atoms with Crippen LogP contribution in [-0.4, -0.2) is 26.9 Å². The van der Waals surface area contributed by atoms with E-state index in [4.69, 9.17) is 9.47 Å². The molecular weight excluding hydrogens is 324 g/mol. The first-order chi connectivity index (χ1) is 11.6. The van der Waals surface area contributed by atoms with E-state index >= 15 is 0 Å². The van der Waals surface area contributed by atoms with Crippen molar-refractivity contribution in [2.24, 2.45) is 0 Å². The second-order valence-corrected chi connectivity index (χ2v) is 8.22. The fraction of sp³-hybridized carbons (Fsp3) is 0.368. The molecule has 5 heteroatoms. The summed E-state index contributed by atoms with van der Waals surface area (Å²) in [6.07, 6.45) is 1.63. The Balaban J connectivity index is 1.60. The minimum absolute atomic E-state index is 0.0232. The quantitative estimate of drug-likeness (QED) is 0.771. The number of sulfone groups is 1. The van der Waals surface area contributed by atoms with Gasteiger partial charge in [0.1, 0.15) is 12.4 Å². The summed E-state index contributed by atoms with van der Waals surface area (Å²) >= 11 is 0. The number of rotatable bonds is 7. The zero-order chi connectivity index (χ0) is 16.8. The first-order valence-corrected chi connectivity index (χ1v) is 10.0. The molecule has 1 aliphatic rings. The second-order valence-electron chi connectivity index (χ2n) is 6.11. The van der Waals surface area contributed by atoms with E-state index in [1.165, 1.54) is 0 Å². The Kier molecular flexibility index (Phi) is 5.53. The lowest BCUT2D eigenvalue weighted by Crippen LogP contribution is -2.21. The molecule has 1 fully saturated rings. The molecule has 0 radical (unpaired) electrons. The highest BCUT2D eigenvalue weighted by Gasteiger charge is 2.23. The monoisotopic (exact) mass is 346 g/mol. The third-order valence-electron chi connectivity index (χ3n) is 4.00. The summed E-state index contributed by atoms with van der Waals surface area (Å²) < 4.78 is 35.8. The lowest BCUT2D eigenvalue weighted by atomic mass is 10.2. The van der Waals surface area contributed by atoms with Crippen LogP contribution in [0.15, 0.2) is 54.6 Å². The number of hydrogen-bond acceptors (Lipinski definition) is 4. The Bertz CT molecular complexity index is 750. The summed E-state index contributed by atoms with van der Waals surface area (Å²) in [4.78, 5) is 0. The van der Waals surface area contributed by atoms with E-state index in [1.54, 1.807) is 6.07 Å². The van der Waals surface area contributed by atoms with Crippen molar-refractivity contribution in [1.82, 2.24) is 0 Å². The molecule has 1 unspecified atom stereocenters. The molecule has 128 valence electrons. The Hall–Kier alpha value is -1.85. The fourth-order valence-electron chi connectivity index (χ4n) is 2.84. The van der Waals surface area contributed by atoms with E-state index in [0.29, 0.717) is 19.0 Å². The maximum atomic E-state index is 12.3. The molecule has 1 saturated heterocycles. The van der Waals surface area contributed by atoms with Gasteiger partial charge in [0.05, 0.1) is 17.6 Å². The largest absolute Gasteiger partial charge is 0.489 e. The predicted octanol–water partition coefficient (Wildman–Crippen LogP) is 3.36. The topological polar surface area (TPSA) is 52.6 Å². The van der Waals surface area contributed by atoms with E-state index in [-0.39, 0.29) is 17.6 Å². The maximum absolute atomic E-state index is 12.3. The van der Waals surface area contributed by atoms with Gasteiger partial charge >= 0.3 is 0 Å². The summed E-state index contributed by atoms with van der Waals surface area (Å²) in [6.45, 7) is 1.13. The van der Waals surface area contributed by atoms with Crippen LogP contribution in [0.2, 0.25) is 0 Å². The van der Waals surface area contributed by atoms with Crippen molar-refractivity contribution in [2.75, 3.05) is 12.4 Å². The number of benzene rings is 2. The standard InChI is InChI=1S/C19H22O4S/c20-24(21,15-19-10-5-11-22-19)14-17-8-4-9-18(12-17)23-13-16-6-2-1-3-7-16/h1-4,6-9,12,19H,5,10-11,13-15H2. The van der Waals surface area contributed by atoms with E-state index in [9.17, 15) is 8.42 Å². The van der Waals surface area contributed by atoms with Gasteiger partial charge in [0.25, 0.3) is 0 Å². The normalized spacial score (nSPS) is 17.8. The molecule has 0 saturated carbocycles. The van der Waals surface area contributed by atoms with E-state index in [1.807, 2.05) is 48.5 Å². The van der Waals surface area contributed by atoms with Gasteiger partial charge in [-0.05, 0) is 36.1 Å². The van der Waals surface area contributed by atoms with Gasteiger partial charge < -0.3 is 9.47 Å². The summed E-state index contributed by atoms with van der Waals surface area (Å²) in [5.74, 6) is 0.806. The van der Waals surface area contributed by atoms with Crippen molar-refractivity contribution in [3.8, 4) is 5.75 Å². The molecule has 0 aromatic heterocycles. The Morgan fingerprint density at radius 3 is 2.58 bits per heavy atom. The molecule has 2 aromatic carbocycles. The highest BCUT2D eigenvalue weighted by atomic mass is 32.2. The molecule has 1 atom stereocenters. The number of ether oxygens (including phenoxy) is 2. The minimum Gasteiger partial charge on any atom is -0.489 e. The molecular formula is C19H22O4S. The summed E-state index contributed by atoms with van der Waals surface area (Å²) in [7, 11) is -3.18. The van der Waals surface area contributed by atoms with Gasteiger partial charge in [-0.2, -0.15) is 0 Å². The van der Waals surface area contributed by atoms with Gasteiger partial charge in [-0.15, -0.1) is 0 Å². The fourth-order valence-corrected chi connectivity index (χ4v) is 4.47. The smallest absolute Gasteiger partial charge is 0.156 e. The van der Waals surface area contributed by atoms with Crippen molar-refractivity contribution in [2.45, 2.75) is 31.3 Å². The van der Waals surface area contributed by atoms with Crippen molar-refractivity contribution in [3.63, 3.8) is 0 Å². The zero-order valence-electron chi connectivity index (χ0n) is 13.6. The first kappa shape index (κ1) is 17.0. The lowest BCUT2D eigenvalue weighted by molar-refractivity contribution is 0.127. The Labute approximate surface area is 143 Å². The summed E-state index contributed by atoms with van der Waals surface area (Å²) in [6, 6.07) is 17.2. The van der Waals surface area contributed by atoms with Crippen LogP contribution >= 0.6 is 0 Å². The van der Waals surface area contributed by atoms with Crippen molar-refractivity contribution < 1.29 is 17.9 Å². The molecule has 24 heavy (non-hydrogen) atoms. The molecule has 4 nitrogen and oxygen atoms in total. The van der Waals surface area contributed by atoms with Crippen LogP contribution in [0.1, 0.15) is 24.0 Å². The highest BCUT2D eigenvalue weighted by Crippen LogP contribution is 2.20. The van der Waals surface area contributed by atoms with Crippen molar-refractivity contribution >= 4 is 9.84 Å². The SMILES string of the molecule is O=S(=O)(Cc1cccc(OCc2ccccc2)c1)CC1CCCO1. The molecule has 0 bridgehead atoms. The minimum atomic E-state index is -3.18. The Morgan fingerprint density at radius 2 is 1.83 bits per heavy atom. The van der Waals surface area contributed by atoms with Gasteiger partial charge in [-0.3, -0.25) is 0 Å². The molecule has 1 aliphatic heterocycles. The van der Waals surface area contributed by atoms with Gasteiger partial charge in [0.2, 0.25) is 0 Å². The van der Waals surface area contributed by atoms with Gasteiger partial charge in [0.15, 0.2) is 9.84 Å². The maximum Gasteiger partial charge on any atom is 0.156 e. The number of hydrogen-bond donors (Lipinski definition) is 0. The van der Waals surface area contributed by atoms with Crippen LogP contribution in [0.3, 0.4) is 0 Å². The van der Waals surface area contributed by atoms with E-state index in [2.05, 4.69) is 0 Å². The lowest BCUT2D eigenvalue weighted by Gasteiger charge is -2.11. The van der Waals surface area contributed by atoms with Gasteiger partial charge in [-0.1, -0.05) is 42.5 Å². The van der Waals surface area contributed by atoms with Crippen molar-refractivity contribution in [3.05, 3.63) is 65.7 Å². The molecule has 2 aromatic rings. The van der Waals surface area contributed by atoms with Crippen molar-refractivity contribution in [1.29, 1.82) is 0 Å². The molecule has 1 heterocycles. The first-order valence-electron chi connectivity index (χ1n) is 8.18. The summed E-state index contributed by atoms with van der Waals surface area (Å²) in [5, 5.41) is 0. The average molecular weight is 346 g/mol. The molecule has 0 spiro atoms. The molecule has 3 rings (SSSR count). The van der Waals surface area contributed by atoms with Crippen LogP contribution in [0.25, 0.3) is 0 Å². The average Bonchev–Trinajstić information content (AvgIpc) is 3.06. The molecule has 0 N–H and O–H groups in total. The molecule has 0 aliphatic carbocycles. The third-order valence-corrected chi connectivity index (χ3v) is 5.65. The van der Waals surface area contributed by atoms with Gasteiger partial charge in [0, 0.05) is 6.61 Å². The van der Waals surface area contributed by atoms with E-state index in [0.717, 1.165) is 24.0 Å². The van der Waals surface area contributed by atoms with Crippen LogP contribution in [0, 0.1) is 0 Å². The van der Waals surface area contributed by atoms with Gasteiger partial charge in [-0.25, -0.2) is 8.42 Å². The van der Waals surface area contributed by atoms with Crippen LogP contribution in [0.5, 0.6) is 5.75 Å².